The van der Waals surface area contributed by atoms with Gasteiger partial charge in [0.1, 0.15) is 0 Å². The van der Waals surface area contributed by atoms with Crippen molar-refractivity contribution in [2.24, 2.45) is 0 Å². The molecule has 0 aliphatic heterocycles. The highest BCUT2D eigenvalue weighted by Gasteiger charge is 1.98. The molecule has 1 aromatic rings. The van der Waals surface area contributed by atoms with Gasteiger partial charge >= 0.3 is 6.15 Å². The summed E-state index contributed by atoms with van der Waals surface area (Å²) in [5, 5.41) is 4.34. The van der Waals surface area contributed by atoms with Crippen molar-refractivity contribution >= 4 is 6.15 Å². The van der Waals surface area contributed by atoms with Crippen LogP contribution in [0.3, 0.4) is 0 Å². The summed E-state index contributed by atoms with van der Waals surface area (Å²) in [5.41, 5.74) is 2.31. The Hall–Kier alpha value is -1.45. The van der Waals surface area contributed by atoms with Gasteiger partial charge in [-0.15, -0.1) is 0 Å². The van der Waals surface area contributed by atoms with Crippen LogP contribution in [-0.4, -0.2) is 29.6 Å². The molecule has 0 saturated heterocycles. The van der Waals surface area contributed by atoms with Gasteiger partial charge in [0.2, 0.25) is 0 Å². The minimum Gasteiger partial charge on any atom is -0.385 e. The van der Waals surface area contributed by atoms with E-state index in [1.165, 1.54) is 5.69 Å². The summed E-state index contributed by atoms with van der Waals surface area (Å²) in [5.74, 6) is 0. The number of carbonyl (C=O) groups excluding carboxylic acids is 2. The molecule has 0 aliphatic rings. The summed E-state index contributed by atoms with van der Waals surface area (Å²) >= 11 is 0. The molecule has 0 saturated carbocycles. The van der Waals surface area contributed by atoms with Crippen molar-refractivity contribution in [1.82, 2.24) is 9.78 Å². The lowest BCUT2D eigenvalue weighted by atomic mass is 10.4. The first-order chi connectivity index (χ1) is 7.15. The van der Waals surface area contributed by atoms with Crippen LogP contribution in [0.5, 0.6) is 0 Å². The Morgan fingerprint density at radius 1 is 1.47 bits per heavy atom. The Balaban J connectivity index is 0.000000583. The second-order valence-corrected chi connectivity index (χ2v) is 3.08. The van der Waals surface area contributed by atoms with Gasteiger partial charge in [0.05, 0.1) is 5.69 Å². The van der Waals surface area contributed by atoms with Crippen LogP contribution >= 0.6 is 0 Å². The van der Waals surface area contributed by atoms with E-state index in [0.717, 1.165) is 25.3 Å². The Labute approximate surface area is 89.0 Å². The number of ether oxygens (including phenoxy) is 1. The molecule has 1 rings (SSSR count). The maximum Gasteiger partial charge on any atom is 0.373 e. The SMILES string of the molecule is COCCCn1nc(C)cc1C.O=C=O. The van der Waals surface area contributed by atoms with Gasteiger partial charge in [-0.25, -0.2) is 0 Å². The molecule has 1 aromatic heterocycles. The molecular formula is C10H16N2O3. The Morgan fingerprint density at radius 2 is 2.07 bits per heavy atom. The van der Waals surface area contributed by atoms with Crippen molar-refractivity contribution < 1.29 is 14.3 Å². The molecule has 0 aliphatic carbocycles. The predicted octanol–water partition coefficient (Wildman–Crippen LogP) is 0.953. The fraction of sp³-hybridized carbons (Fsp3) is 0.600. The zero-order valence-corrected chi connectivity index (χ0v) is 9.32. The molecule has 0 N–H and O–H groups in total. The number of aryl methyl sites for hydroxylation is 3. The van der Waals surface area contributed by atoms with E-state index >= 15 is 0 Å². The molecule has 0 spiro atoms. The third-order valence-electron chi connectivity index (χ3n) is 1.82. The second kappa shape index (κ2) is 7.91. The minimum atomic E-state index is 0.250. The van der Waals surface area contributed by atoms with Gasteiger partial charge in [0.25, 0.3) is 0 Å². The van der Waals surface area contributed by atoms with Crippen molar-refractivity contribution in [2.45, 2.75) is 26.8 Å². The van der Waals surface area contributed by atoms with Gasteiger partial charge < -0.3 is 4.74 Å². The molecule has 5 heteroatoms. The van der Waals surface area contributed by atoms with E-state index in [0.29, 0.717) is 0 Å². The third-order valence-corrected chi connectivity index (χ3v) is 1.82. The normalized spacial score (nSPS) is 9.00. The molecule has 0 fully saturated rings. The molecule has 0 unspecified atom stereocenters. The average molecular weight is 212 g/mol. The molecule has 0 bridgehead atoms. The van der Waals surface area contributed by atoms with Crippen LogP contribution in [-0.2, 0) is 20.9 Å². The van der Waals surface area contributed by atoms with Crippen molar-refractivity contribution in [3.05, 3.63) is 17.5 Å². The van der Waals surface area contributed by atoms with E-state index in [-0.39, 0.29) is 6.15 Å². The van der Waals surface area contributed by atoms with Crippen molar-refractivity contribution in [3.8, 4) is 0 Å². The second-order valence-electron chi connectivity index (χ2n) is 3.08. The molecule has 0 radical (unpaired) electrons. The highest BCUT2D eigenvalue weighted by atomic mass is 16.5. The summed E-state index contributed by atoms with van der Waals surface area (Å²) in [6.45, 7) is 5.85. The average Bonchev–Trinajstić information content (AvgIpc) is 2.47. The number of hydrogen-bond acceptors (Lipinski definition) is 4. The third kappa shape index (κ3) is 5.78. The molecule has 15 heavy (non-hydrogen) atoms. The first kappa shape index (κ1) is 13.5. The van der Waals surface area contributed by atoms with E-state index in [1.807, 2.05) is 11.6 Å². The summed E-state index contributed by atoms with van der Waals surface area (Å²) in [6.07, 6.45) is 1.28. The van der Waals surface area contributed by atoms with E-state index in [4.69, 9.17) is 14.3 Å². The standard InChI is InChI=1S/C9H16N2O.CO2/c1-8-7-9(2)11(10-8)5-4-6-12-3;2-1-3/h7H,4-6H2,1-3H3;. The van der Waals surface area contributed by atoms with Gasteiger partial charge in [0, 0.05) is 26.0 Å². The lowest BCUT2D eigenvalue weighted by Crippen LogP contribution is -2.04. The molecule has 5 nitrogen and oxygen atoms in total. The van der Waals surface area contributed by atoms with E-state index in [9.17, 15) is 0 Å². The Morgan fingerprint density at radius 3 is 2.47 bits per heavy atom. The van der Waals surface area contributed by atoms with Gasteiger partial charge in [-0.3, -0.25) is 4.68 Å². The minimum absolute atomic E-state index is 0.250. The first-order valence-corrected chi connectivity index (χ1v) is 4.65. The van der Waals surface area contributed by atoms with Crippen LogP contribution in [0.25, 0.3) is 0 Å². The maximum atomic E-state index is 8.12. The highest BCUT2D eigenvalue weighted by molar-refractivity contribution is 5.20. The van der Waals surface area contributed by atoms with Crippen molar-refractivity contribution in [3.63, 3.8) is 0 Å². The first-order valence-electron chi connectivity index (χ1n) is 4.65. The van der Waals surface area contributed by atoms with Crippen LogP contribution in [0, 0.1) is 13.8 Å². The van der Waals surface area contributed by atoms with Gasteiger partial charge in [-0.1, -0.05) is 0 Å². The zero-order chi connectivity index (χ0) is 11.7. The number of aromatic nitrogens is 2. The number of hydrogen-bond donors (Lipinski definition) is 0. The molecular weight excluding hydrogens is 196 g/mol. The fourth-order valence-corrected chi connectivity index (χ4v) is 1.26. The topological polar surface area (TPSA) is 61.2 Å². The number of rotatable bonds is 4. The van der Waals surface area contributed by atoms with Gasteiger partial charge in [-0.05, 0) is 26.3 Å². The molecule has 0 atom stereocenters. The van der Waals surface area contributed by atoms with E-state index in [1.54, 1.807) is 7.11 Å². The molecule has 84 valence electrons. The molecule has 0 amide bonds. The van der Waals surface area contributed by atoms with Crippen LogP contribution in [0.2, 0.25) is 0 Å². The summed E-state index contributed by atoms with van der Waals surface area (Å²) in [7, 11) is 1.72. The fourth-order valence-electron chi connectivity index (χ4n) is 1.26. The van der Waals surface area contributed by atoms with Crippen LogP contribution in [0.1, 0.15) is 17.8 Å². The van der Waals surface area contributed by atoms with Crippen LogP contribution < -0.4 is 0 Å². The predicted molar refractivity (Wildman–Crippen MR) is 53.2 cm³/mol. The molecule has 0 aromatic carbocycles. The lowest BCUT2D eigenvalue weighted by molar-refractivity contribution is -0.191. The number of nitrogens with zero attached hydrogens (tertiary/aromatic N) is 2. The van der Waals surface area contributed by atoms with Crippen molar-refractivity contribution in [1.29, 1.82) is 0 Å². The maximum absolute atomic E-state index is 8.12. The van der Waals surface area contributed by atoms with Crippen molar-refractivity contribution in [2.75, 3.05) is 13.7 Å². The largest absolute Gasteiger partial charge is 0.385 e. The highest BCUT2D eigenvalue weighted by Crippen LogP contribution is 2.02. The quantitative estimate of drug-likeness (QED) is 0.697. The zero-order valence-electron chi connectivity index (χ0n) is 9.32. The Kier molecular flexibility index (Phi) is 7.14. The van der Waals surface area contributed by atoms with Gasteiger partial charge in [0.15, 0.2) is 0 Å². The summed E-state index contributed by atoms with van der Waals surface area (Å²) < 4.78 is 6.99. The summed E-state index contributed by atoms with van der Waals surface area (Å²) in [4.78, 5) is 16.2. The smallest absolute Gasteiger partial charge is 0.373 e. The molecule has 1 heterocycles. The van der Waals surface area contributed by atoms with E-state index in [2.05, 4.69) is 18.1 Å². The monoisotopic (exact) mass is 212 g/mol. The van der Waals surface area contributed by atoms with E-state index < -0.39 is 0 Å². The van der Waals surface area contributed by atoms with Gasteiger partial charge in [-0.2, -0.15) is 14.7 Å². The van der Waals surface area contributed by atoms with Crippen LogP contribution in [0.4, 0.5) is 0 Å². The summed E-state index contributed by atoms with van der Waals surface area (Å²) in [6, 6.07) is 2.09. The number of methoxy groups -OCH3 is 1. The lowest BCUT2D eigenvalue weighted by Gasteiger charge is -2.02. The van der Waals surface area contributed by atoms with Crippen LogP contribution in [0.15, 0.2) is 6.07 Å². The Bertz CT molecular complexity index is 314.